The number of likely N-dealkylation sites (tertiary alicyclic amines) is 2. The van der Waals surface area contributed by atoms with Gasteiger partial charge in [0.1, 0.15) is 0 Å². The molecule has 34 heavy (non-hydrogen) atoms. The zero-order valence-electron chi connectivity index (χ0n) is 20.5. The van der Waals surface area contributed by atoms with Crippen LogP contribution >= 0.6 is 11.6 Å². The normalized spacial score (nSPS) is 20.2. The van der Waals surface area contributed by atoms with E-state index < -0.39 is 5.54 Å². The maximum Gasteiger partial charge on any atom is 0.253 e. The van der Waals surface area contributed by atoms with E-state index in [1.807, 2.05) is 43.0 Å². The number of piperidine rings is 2. The van der Waals surface area contributed by atoms with Gasteiger partial charge < -0.3 is 10.2 Å². The first-order valence-corrected chi connectivity index (χ1v) is 12.8. The Kier molecular flexibility index (Phi) is 7.63. The summed E-state index contributed by atoms with van der Waals surface area (Å²) in [6, 6.07) is 15.1. The van der Waals surface area contributed by atoms with E-state index in [9.17, 15) is 9.59 Å². The van der Waals surface area contributed by atoms with Gasteiger partial charge in [-0.15, -0.1) is 0 Å². The highest BCUT2D eigenvalue weighted by Crippen LogP contribution is 2.28. The first kappa shape index (κ1) is 24.7. The van der Waals surface area contributed by atoms with Crippen LogP contribution in [0.4, 0.5) is 0 Å². The van der Waals surface area contributed by atoms with E-state index in [4.69, 9.17) is 11.6 Å². The van der Waals surface area contributed by atoms with Crippen molar-refractivity contribution in [2.75, 3.05) is 26.2 Å². The molecular formula is C28H36ClN3O2. The van der Waals surface area contributed by atoms with Gasteiger partial charge in [0.25, 0.3) is 11.8 Å². The molecule has 0 aromatic heterocycles. The van der Waals surface area contributed by atoms with Crippen LogP contribution in [0.15, 0.2) is 48.5 Å². The number of amides is 2. The summed E-state index contributed by atoms with van der Waals surface area (Å²) in [4.78, 5) is 30.5. The average molecular weight is 482 g/mol. The molecule has 6 heteroatoms. The van der Waals surface area contributed by atoms with Crippen molar-refractivity contribution in [1.29, 1.82) is 0 Å². The molecule has 2 aliphatic heterocycles. The van der Waals surface area contributed by atoms with E-state index in [0.717, 1.165) is 37.4 Å². The predicted octanol–water partition coefficient (Wildman–Crippen LogP) is 5.34. The van der Waals surface area contributed by atoms with E-state index in [0.29, 0.717) is 22.2 Å². The van der Waals surface area contributed by atoms with Gasteiger partial charge in [-0.25, -0.2) is 0 Å². The number of benzene rings is 2. The van der Waals surface area contributed by atoms with Gasteiger partial charge in [0, 0.05) is 41.8 Å². The highest BCUT2D eigenvalue weighted by Gasteiger charge is 2.30. The van der Waals surface area contributed by atoms with Gasteiger partial charge in [0.05, 0.1) is 5.54 Å². The Morgan fingerprint density at radius 3 is 2.24 bits per heavy atom. The topological polar surface area (TPSA) is 52.7 Å². The minimum absolute atomic E-state index is 0.0498. The second-order valence-electron chi connectivity index (χ2n) is 10.4. The Balaban J connectivity index is 1.34. The third-order valence-corrected chi connectivity index (χ3v) is 7.65. The molecule has 2 aliphatic rings. The SMILES string of the molecule is CC1CCCN(C2CCN(C(=O)c3ccc(C(=O)NC(C)(C)c4ccccc4Cl)cc3)CC2)C1. The third kappa shape index (κ3) is 5.64. The molecule has 2 aromatic rings. The monoisotopic (exact) mass is 481 g/mol. The van der Waals surface area contributed by atoms with E-state index in [-0.39, 0.29) is 11.8 Å². The molecule has 2 aromatic carbocycles. The molecule has 1 N–H and O–H groups in total. The molecule has 1 unspecified atom stereocenters. The van der Waals surface area contributed by atoms with E-state index in [2.05, 4.69) is 17.1 Å². The number of hydrogen-bond donors (Lipinski definition) is 1. The molecule has 0 saturated carbocycles. The first-order valence-electron chi connectivity index (χ1n) is 12.5. The molecule has 0 radical (unpaired) electrons. The highest BCUT2D eigenvalue weighted by molar-refractivity contribution is 6.31. The van der Waals surface area contributed by atoms with E-state index >= 15 is 0 Å². The van der Waals surface area contributed by atoms with Crippen molar-refractivity contribution in [3.63, 3.8) is 0 Å². The fourth-order valence-corrected chi connectivity index (χ4v) is 5.70. The molecule has 1 atom stereocenters. The molecule has 182 valence electrons. The second kappa shape index (κ2) is 10.5. The molecule has 2 heterocycles. The molecular weight excluding hydrogens is 446 g/mol. The Labute approximate surface area is 208 Å². The van der Waals surface area contributed by atoms with Crippen LogP contribution in [0.25, 0.3) is 0 Å². The van der Waals surface area contributed by atoms with Crippen molar-refractivity contribution in [2.24, 2.45) is 5.92 Å². The van der Waals surface area contributed by atoms with Crippen LogP contribution in [-0.2, 0) is 5.54 Å². The summed E-state index contributed by atoms with van der Waals surface area (Å²) >= 11 is 6.33. The Bertz CT molecular complexity index is 1010. The lowest BCUT2D eigenvalue weighted by Crippen LogP contribution is -2.49. The second-order valence-corrected chi connectivity index (χ2v) is 10.8. The fourth-order valence-electron chi connectivity index (χ4n) is 5.33. The number of nitrogens with zero attached hydrogens (tertiary/aromatic N) is 2. The molecule has 0 aliphatic carbocycles. The van der Waals surface area contributed by atoms with Gasteiger partial charge in [-0.2, -0.15) is 0 Å². The lowest BCUT2D eigenvalue weighted by atomic mass is 9.93. The minimum atomic E-state index is -0.625. The van der Waals surface area contributed by atoms with Crippen molar-refractivity contribution in [3.05, 3.63) is 70.2 Å². The van der Waals surface area contributed by atoms with Gasteiger partial charge in [-0.1, -0.05) is 36.7 Å². The van der Waals surface area contributed by atoms with Gasteiger partial charge in [0.15, 0.2) is 0 Å². The number of carbonyl (C=O) groups is 2. The maximum absolute atomic E-state index is 13.1. The smallest absolute Gasteiger partial charge is 0.253 e. The van der Waals surface area contributed by atoms with Crippen LogP contribution in [0.5, 0.6) is 0 Å². The lowest BCUT2D eigenvalue weighted by molar-refractivity contribution is 0.0541. The summed E-state index contributed by atoms with van der Waals surface area (Å²) in [5.41, 5.74) is 1.39. The highest BCUT2D eigenvalue weighted by atomic mass is 35.5. The number of carbonyl (C=O) groups excluding carboxylic acids is 2. The standard InChI is InChI=1S/C28H36ClN3O2/c1-20-7-6-16-32(19-20)23-14-17-31(18-15-23)27(34)22-12-10-21(11-13-22)26(33)30-28(2,3)24-8-4-5-9-25(24)29/h4-5,8-13,20,23H,6-7,14-19H2,1-3H3,(H,30,33). The number of rotatable bonds is 5. The third-order valence-electron chi connectivity index (χ3n) is 7.32. The average Bonchev–Trinajstić information content (AvgIpc) is 2.83. The quantitative estimate of drug-likeness (QED) is 0.627. The van der Waals surface area contributed by atoms with E-state index in [1.54, 1.807) is 24.3 Å². The van der Waals surface area contributed by atoms with Crippen molar-refractivity contribution in [3.8, 4) is 0 Å². The summed E-state index contributed by atoms with van der Waals surface area (Å²) in [5.74, 6) is 0.633. The Morgan fingerprint density at radius 1 is 0.941 bits per heavy atom. The molecule has 4 rings (SSSR count). The number of nitrogens with one attached hydrogen (secondary N) is 1. The van der Waals surface area contributed by atoms with Crippen LogP contribution in [0.1, 0.15) is 72.7 Å². The van der Waals surface area contributed by atoms with Crippen molar-refractivity contribution in [1.82, 2.24) is 15.1 Å². The van der Waals surface area contributed by atoms with Gasteiger partial charge in [-0.3, -0.25) is 14.5 Å². The number of halogens is 1. The van der Waals surface area contributed by atoms with Crippen molar-refractivity contribution >= 4 is 23.4 Å². The number of hydrogen-bond acceptors (Lipinski definition) is 3. The summed E-state index contributed by atoms with van der Waals surface area (Å²) < 4.78 is 0. The van der Waals surface area contributed by atoms with Crippen LogP contribution < -0.4 is 5.32 Å². The maximum atomic E-state index is 13.1. The van der Waals surface area contributed by atoms with Crippen LogP contribution in [0.3, 0.4) is 0 Å². The Hall–Kier alpha value is -2.37. The van der Waals surface area contributed by atoms with Crippen LogP contribution in [0.2, 0.25) is 5.02 Å². The van der Waals surface area contributed by atoms with Crippen LogP contribution in [0, 0.1) is 5.92 Å². The molecule has 0 spiro atoms. The molecule has 0 bridgehead atoms. The van der Waals surface area contributed by atoms with Crippen LogP contribution in [-0.4, -0.2) is 53.8 Å². The van der Waals surface area contributed by atoms with Crippen molar-refractivity contribution in [2.45, 2.75) is 58.0 Å². The zero-order valence-corrected chi connectivity index (χ0v) is 21.3. The molecule has 2 fully saturated rings. The van der Waals surface area contributed by atoms with Gasteiger partial charge in [-0.05, 0) is 87.9 Å². The van der Waals surface area contributed by atoms with E-state index in [1.165, 1.54) is 25.9 Å². The summed E-state index contributed by atoms with van der Waals surface area (Å²) in [5, 5.41) is 3.68. The van der Waals surface area contributed by atoms with Crippen molar-refractivity contribution < 1.29 is 9.59 Å². The first-order chi connectivity index (χ1) is 16.2. The zero-order chi connectivity index (χ0) is 24.3. The van der Waals surface area contributed by atoms with Gasteiger partial charge in [0.2, 0.25) is 0 Å². The summed E-state index contributed by atoms with van der Waals surface area (Å²) in [7, 11) is 0. The Morgan fingerprint density at radius 2 is 1.59 bits per heavy atom. The minimum Gasteiger partial charge on any atom is -0.343 e. The summed E-state index contributed by atoms with van der Waals surface area (Å²) in [6.45, 7) is 10.2. The van der Waals surface area contributed by atoms with Gasteiger partial charge >= 0.3 is 0 Å². The molecule has 2 saturated heterocycles. The summed E-state index contributed by atoms with van der Waals surface area (Å²) in [6.07, 6.45) is 4.70. The predicted molar refractivity (Wildman–Crippen MR) is 137 cm³/mol. The fraction of sp³-hybridized carbons (Fsp3) is 0.500. The molecule has 2 amide bonds. The lowest BCUT2D eigenvalue weighted by Gasteiger charge is -2.41. The largest absolute Gasteiger partial charge is 0.343 e. The molecule has 5 nitrogen and oxygen atoms in total.